The van der Waals surface area contributed by atoms with Crippen molar-refractivity contribution in [1.82, 2.24) is 14.0 Å². The zero-order chi connectivity index (χ0) is 21.6. The smallest absolute Gasteiger partial charge is 0.267 e. The van der Waals surface area contributed by atoms with Gasteiger partial charge in [0.15, 0.2) is 0 Å². The lowest BCUT2D eigenvalue weighted by molar-refractivity contribution is 0.591. The van der Waals surface area contributed by atoms with E-state index in [9.17, 15) is 13.2 Å². The van der Waals surface area contributed by atoms with Crippen LogP contribution in [0.25, 0.3) is 16.7 Å². The van der Waals surface area contributed by atoms with Crippen molar-refractivity contribution in [3.8, 4) is 0 Å². The number of benzene rings is 1. The lowest BCUT2D eigenvalue weighted by atomic mass is 10.2. The molecule has 0 bridgehead atoms. The van der Waals surface area contributed by atoms with Crippen molar-refractivity contribution in [2.45, 2.75) is 23.3 Å². The molecule has 0 saturated heterocycles. The van der Waals surface area contributed by atoms with Crippen molar-refractivity contribution in [1.29, 1.82) is 5.41 Å². The predicted molar refractivity (Wildman–Crippen MR) is 115 cm³/mol. The van der Waals surface area contributed by atoms with E-state index in [-0.39, 0.29) is 32.9 Å². The van der Waals surface area contributed by atoms with Gasteiger partial charge in [0.2, 0.25) is 9.84 Å². The molecule has 30 heavy (non-hydrogen) atoms. The molecular weight excluding hydrogens is 424 g/mol. The molecule has 0 aliphatic heterocycles. The molecule has 0 aliphatic rings. The lowest BCUT2D eigenvalue weighted by Gasteiger charge is -2.14. The fraction of sp³-hybridized carbons (Fsp3) is 0.0952. The summed E-state index contributed by atoms with van der Waals surface area (Å²) in [7, 11) is -4.07. The van der Waals surface area contributed by atoms with Crippen molar-refractivity contribution in [2.75, 3.05) is 0 Å². The summed E-state index contributed by atoms with van der Waals surface area (Å²) < 4.78 is 29.3. The highest BCUT2D eigenvalue weighted by atomic mass is 35.5. The maximum absolute atomic E-state index is 13.3. The molecule has 4 rings (SSSR count). The first-order chi connectivity index (χ1) is 14.2. The highest BCUT2D eigenvalue weighted by molar-refractivity contribution is 7.91. The number of fused-ring (bicyclic) bond motifs is 2. The van der Waals surface area contributed by atoms with E-state index >= 15 is 0 Å². The standard InChI is InChI=1S/C21H17ClN4O3S/c1-3-10-25-19(23)17(30(28,29)15-7-5-14(22)6-8-15)11-16-20(25)24-18-9-4-13(2)12-26(18)21(16)27/h3-9,11-12,23H,1,10H2,2H3. The molecule has 3 heterocycles. The summed E-state index contributed by atoms with van der Waals surface area (Å²) in [5.74, 6) is 0. The summed E-state index contributed by atoms with van der Waals surface area (Å²) >= 11 is 5.87. The minimum absolute atomic E-state index is 0.0189. The Hall–Kier alpha value is -3.23. The average molecular weight is 441 g/mol. The van der Waals surface area contributed by atoms with Crippen molar-refractivity contribution in [3.05, 3.63) is 87.7 Å². The van der Waals surface area contributed by atoms with E-state index in [2.05, 4.69) is 11.6 Å². The molecule has 0 radical (unpaired) electrons. The Bertz CT molecular complexity index is 1550. The molecule has 0 aliphatic carbocycles. The Morgan fingerprint density at radius 2 is 1.90 bits per heavy atom. The SMILES string of the molecule is C=CCn1c(=N)c(S(=O)(=O)c2ccc(Cl)cc2)cc2c(=O)n3cc(C)ccc3nc21. The Balaban J connectivity index is 2.15. The third-order valence-electron chi connectivity index (χ3n) is 4.74. The maximum atomic E-state index is 13.3. The molecule has 7 nitrogen and oxygen atoms in total. The number of sulfone groups is 1. The van der Waals surface area contributed by atoms with Crippen LogP contribution in [0.1, 0.15) is 5.56 Å². The summed E-state index contributed by atoms with van der Waals surface area (Å²) in [6.45, 7) is 5.64. The largest absolute Gasteiger partial charge is 0.306 e. The second kappa shape index (κ2) is 7.23. The number of hydrogen-bond donors (Lipinski definition) is 1. The molecule has 1 aromatic carbocycles. The Morgan fingerprint density at radius 3 is 2.57 bits per heavy atom. The first-order valence-electron chi connectivity index (χ1n) is 8.97. The van der Waals surface area contributed by atoms with Gasteiger partial charge in [0.1, 0.15) is 21.7 Å². The van der Waals surface area contributed by atoms with Crippen LogP contribution < -0.4 is 11.0 Å². The van der Waals surface area contributed by atoms with Crippen LogP contribution in [-0.2, 0) is 16.4 Å². The molecule has 3 aromatic heterocycles. The molecule has 0 fully saturated rings. The third-order valence-corrected chi connectivity index (χ3v) is 6.78. The topological polar surface area (TPSA) is 97.3 Å². The Morgan fingerprint density at radius 1 is 1.20 bits per heavy atom. The van der Waals surface area contributed by atoms with E-state index in [1.165, 1.54) is 45.4 Å². The van der Waals surface area contributed by atoms with Crippen LogP contribution in [0, 0.1) is 12.3 Å². The summed E-state index contributed by atoms with van der Waals surface area (Å²) in [6, 6.07) is 10.4. The minimum atomic E-state index is -4.07. The van der Waals surface area contributed by atoms with Gasteiger partial charge in [0.05, 0.1) is 10.3 Å². The Kier molecular flexibility index (Phi) is 4.83. The van der Waals surface area contributed by atoms with Crippen LogP contribution in [0.2, 0.25) is 5.02 Å². The van der Waals surface area contributed by atoms with E-state index in [0.717, 1.165) is 5.56 Å². The van der Waals surface area contributed by atoms with E-state index in [1.807, 2.05) is 13.0 Å². The van der Waals surface area contributed by atoms with Crippen LogP contribution >= 0.6 is 11.6 Å². The van der Waals surface area contributed by atoms with Gasteiger partial charge in [-0.3, -0.25) is 14.6 Å². The fourth-order valence-corrected chi connectivity index (χ4v) is 4.78. The van der Waals surface area contributed by atoms with Gasteiger partial charge in [0, 0.05) is 17.8 Å². The number of allylic oxidation sites excluding steroid dienone is 1. The second-order valence-electron chi connectivity index (χ2n) is 6.80. The number of aromatic nitrogens is 3. The number of pyridine rings is 2. The van der Waals surface area contributed by atoms with Crippen LogP contribution in [0.3, 0.4) is 0 Å². The summed E-state index contributed by atoms with van der Waals surface area (Å²) in [5.41, 5.74) is 0.799. The highest BCUT2D eigenvalue weighted by Gasteiger charge is 2.24. The van der Waals surface area contributed by atoms with Gasteiger partial charge in [-0.15, -0.1) is 6.58 Å². The van der Waals surface area contributed by atoms with Gasteiger partial charge < -0.3 is 4.57 Å². The first kappa shape index (κ1) is 20.1. The number of nitrogens with one attached hydrogen (secondary N) is 1. The maximum Gasteiger partial charge on any atom is 0.267 e. The highest BCUT2D eigenvalue weighted by Crippen LogP contribution is 2.22. The molecule has 9 heteroatoms. The lowest BCUT2D eigenvalue weighted by Crippen LogP contribution is -2.29. The molecule has 4 aromatic rings. The first-order valence-corrected chi connectivity index (χ1v) is 10.8. The van der Waals surface area contributed by atoms with Crippen molar-refractivity contribution >= 4 is 38.1 Å². The van der Waals surface area contributed by atoms with E-state index < -0.39 is 15.4 Å². The van der Waals surface area contributed by atoms with Gasteiger partial charge >= 0.3 is 0 Å². The van der Waals surface area contributed by atoms with Gasteiger partial charge in [-0.05, 0) is 48.9 Å². The third kappa shape index (κ3) is 3.14. The normalized spacial score (nSPS) is 11.8. The van der Waals surface area contributed by atoms with Crippen LogP contribution in [0.4, 0.5) is 0 Å². The predicted octanol–water partition coefficient (Wildman–Crippen LogP) is 3.11. The molecule has 152 valence electrons. The van der Waals surface area contributed by atoms with Crippen molar-refractivity contribution in [2.24, 2.45) is 0 Å². The average Bonchev–Trinajstić information content (AvgIpc) is 2.71. The Labute approximate surface area is 176 Å². The summed E-state index contributed by atoms with van der Waals surface area (Å²) in [4.78, 5) is 17.4. The van der Waals surface area contributed by atoms with Gasteiger partial charge in [-0.2, -0.15) is 0 Å². The van der Waals surface area contributed by atoms with Crippen LogP contribution in [0.5, 0.6) is 0 Å². The van der Waals surface area contributed by atoms with E-state index in [1.54, 1.807) is 12.3 Å². The molecule has 1 N–H and O–H groups in total. The van der Waals surface area contributed by atoms with Crippen LogP contribution in [0.15, 0.2) is 75.9 Å². The van der Waals surface area contributed by atoms with Gasteiger partial charge in [-0.1, -0.05) is 23.7 Å². The van der Waals surface area contributed by atoms with E-state index in [4.69, 9.17) is 17.0 Å². The van der Waals surface area contributed by atoms with Crippen LogP contribution in [-0.4, -0.2) is 22.4 Å². The van der Waals surface area contributed by atoms with Gasteiger partial charge in [-0.25, -0.2) is 13.4 Å². The number of hydrogen-bond acceptors (Lipinski definition) is 5. The molecule has 0 amide bonds. The molecule has 0 unspecified atom stereocenters. The molecule has 0 spiro atoms. The van der Waals surface area contributed by atoms with E-state index in [0.29, 0.717) is 10.7 Å². The molecule has 0 saturated carbocycles. The van der Waals surface area contributed by atoms with Crippen molar-refractivity contribution < 1.29 is 8.42 Å². The molecular formula is C21H17ClN4O3S. The number of aryl methyl sites for hydroxylation is 1. The number of nitrogens with zero attached hydrogens (tertiary/aromatic N) is 3. The zero-order valence-electron chi connectivity index (χ0n) is 16.0. The quantitative estimate of drug-likeness (QED) is 0.389. The minimum Gasteiger partial charge on any atom is -0.306 e. The fourth-order valence-electron chi connectivity index (χ4n) is 3.27. The number of halogens is 1. The summed E-state index contributed by atoms with van der Waals surface area (Å²) in [5, 5.41) is 9.05. The summed E-state index contributed by atoms with van der Waals surface area (Å²) in [6.07, 6.45) is 3.17. The zero-order valence-corrected chi connectivity index (χ0v) is 17.5. The van der Waals surface area contributed by atoms with Gasteiger partial charge in [0.25, 0.3) is 5.56 Å². The monoisotopic (exact) mass is 440 g/mol. The van der Waals surface area contributed by atoms with Crippen molar-refractivity contribution in [3.63, 3.8) is 0 Å². The molecule has 0 atom stereocenters. The second-order valence-corrected chi connectivity index (χ2v) is 9.16. The number of rotatable bonds is 4.